The zero-order chi connectivity index (χ0) is 63.3. The van der Waals surface area contributed by atoms with Gasteiger partial charge in [0.2, 0.25) is 5.43 Å². The van der Waals surface area contributed by atoms with Gasteiger partial charge in [-0.3, -0.25) is 18.4 Å². The predicted molar refractivity (Wildman–Crippen MR) is 314 cm³/mol. The molecule has 26 heteroatoms. The van der Waals surface area contributed by atoms with Gasteiger partial charge in [0.1, 0.15) is 40.9 Å². The van der Waals surface area contributed by atoms with E-state index in [1.807, 2.05) is 32.0 Å². The third-order valence-corrected chi connectivity index (χ3v) is 18.4. The predicted octanol–water partition coefficient (Wildman–Crippen LogP) is 3.87. The fourth-order valence-corrected chi connectivity index (χ4v) is 13.5. The fourth-order valence-electron chi connectivity index (χ4n) is 12.4. The van der Waals surface area contributed by atoms with Crippen molar-refractivity contribution >= 4 is 38.7 Å². The summed E-state index contributed by atoms with van der Waals surface area (Å²) in [6, 6.07) is 6.59. The van der Waals surface area contributed by atoms with Crippen LogP contribution < -0.4 is 15.8 Å². The Labute approximate surface area is 499 Å². The molecule has 3 aliphatic heterocycles. The van der Waals surface area contributed by atoms with Gasteiger partial charge in [-0.25, -0.2) is 4.79 Å². The summed E-state index contributed by atoms with van der Waals surface area (Å²) in [4.78, 5) is 47.4. The van der Waals surface area contributed by atoms with E-state index in [1.54, 1.807) is 104 Å². The van der Waals surface area contributed by atoms with Gasteiger partial charge in [0.05, 0.1) is 64.6 Å². The van der Waals surface area contributed by atoms with Crippen LogP contribution in [0.3, 0.4) is 0 Å². The number of hydrogen-bond acceptors (Lipinski definition) is 23. The van der Waals surface area contributed by atoms with Crippen molar-refractivity contribution in [1.82, 2.24) is 20.0 Å². The summed E-state index contributed by atoms with van der Waals surface area (Å²) in [6.45, 7) is 18.6. The molecule has 3 fully saturated rings. The number of hydrogen-bond donors (Lipinski definition) is 6. The molecule has 480 valence electrons. The largest absolute Gasteiger partial charge is 0.477 e. The molecule has 0 bridgehead atoms. The maximum absolute atomic E-state index is 14.8. The number of esters is 1. The van der Waals surface area contributed by atoms with Gasteiger partial charge in [-0.2, -0.15) is 8.42 Å². The molecule has 0 unspecified atom stereocenters. The van der Waals surface area contributed by atoms with E-state index in [-0.39, 0.29) is 55.2 Å². The first kappa shape index (κ1) is 69.4. The maximum Gasteiger partial charge on any atom is 0.341 e. The molecule has 6 N–H and O–H groups in total. The highest BCUT2D eigenvalue weighted by Crippen LogP contribution is 2.42. The lowest BCUT2D eigenvalue weighted by Gasteiger charge is -2.49. The average Bonchev–Trinajstić information content (AvgIpc) is 2.58. The van der Waals surface area contributed by atoms with Crippen LogP contribution >= 0.6 is 0 Å². The standard InChI is InChI=1S/C59H94N6O19S/c1-17-45-59(11,73)51(68)35(5)47(62-77-31-40-25-34(4)83-61-40)32(2)28-57(9,72)52(82-56-49(67)44(63(12)13)26-33(3)78-56)36(6)50(37(7)55(71)80-45)81-46-29-58(10,76-16)53(38(8)79-46)84-85(74,75)24-23-60-22-18-19-39-20-21-43-41(27-39)48(66)42(54(69)70)30-65(43)64(14)15/h20-21,25,27,30,32-33,35-38,44-46,49-53,56,60,67-68,72-73H,17-19,22-24,26,28-29,31H2,1-16H3,(H,69,70)/b62-47+/t32-,33-,35+,36+,37-,38+,44+,45-,46+,49-,50+,51-,52-,53+,56+,57-,58-,59-/m1/s1. The number of aliphatic hydroxyl groups is 4. The first-order valence-corrected chi connectivity index (χ1v) is 30.9. The number of cyclic esters (lactones) is 1. The Hall–Kier alpha value is -4.68. The van der Waals surface area contributed by atoms with Gasteiger partial charge in [-0.15, -0.1) is 0 Å². The number of rotatable bonds is 21. The molecule has 0 saturated carbocycles. The molecule has 6 rings (SSSR count). The van der Waals surface area contributed by atoms with Crippen molar-refractivity contribution in [3.8, 4) is 0 Å². The highest BCUT2D eigenvalue weighted by molar-refractivity contribution is 7.86. The Morgan fingerprint density at radius 3 is 2.26 bits per heavy atom. The number of carbonyl (C=O) groups is 2. The van der Waals surface area contributed by atoms with Gasteiger partial charge in [-0.1, -0.05) is 44.1 Å². The number of aliphatic hydroxyl groups excluding tert-OH is 2. The second kappa shape index (κ2) is 28.6. The number of ether oxygens (including phenoxy) is 6. The minimum Gasteiger partial charge on any atom is -0.477 e. The number of carboxylic acid groups (broad SMARTS) is 1. The summed E-state index contributed by atoms with van der Waals surface area (Å²) in [5.74, 6) is -5.85. The van der Waals surface area contributed by atoms with Crippen LogP contribution in [0.1, 0.15) is 129 Å². The molecule has 18 atom stereocenters. The summed E-state index contributed by atoms with van der Waals surface area (Å²) < 4.78 is 79.0. The lowest BCUT2D eigenvalue weighted by atomic mass is 9.73. The zero-order valence-corrected chi connectivity index (χ0v) is 53.0. The van der Waals surface area contributed by atoms with Gasteiger partial charge in [0, 0.05) is 75.6 Å². The van der Waals surface area contributed by atoms with Crippen LogP contribution in [0.15, 0.2) is 44.9 Å². The molecule has 3 aromatic rings. The smallest absolute Gasteiger partial charge is 0.341 e. The number of aryl methyl sites for hydroxylation is 2. The summed E-state index contributed by atoms with van der Waals surface area (Å²) in [5, 5.41) is 72.5. The summed E-state index contributed by atoms with van der Waals surface area (Å²) in [5.41, 5.74) is -4.20. The van der Waals surface area contributed by atoms with Crippen LogP contribution in [0.25, 0.3) is 10.9 Å². The first-order chi connectivity index (χ1) is 39.7. The molecule has 85 heavy (non-hydrogen) atoms. The molecule has 0 radical (unpaired) electrons. The zero-order valence-electron chi connectivity index (χ0n) is 52.2. The quantitative estimate of drug-likeness (QED) is 0.0382. The second-order valence-electron chi connectivity index (χ2n) is 24.7. The van der Waals surface area contributed by atoms with E-state index in [4.69, 9.17) is 42.0 Å². The molecular weight excluding hydrogens is 1130 g/mol. The van der Waals surface area contributed by atoms with Crippen molar-refractivity contribution in [2.24, 2.45) is 28.8 Å². The Bertz CT molecular complexity index is 2930. The van der Waals surface area contributed by atoms with Crippen molar-refractivity contribution < 1.29 is 85.5 Å². The first-order valence-electron chi connectivity index (χ1n) is 29.3. The second-order valence-corrected chi connectivity index (χ2v) is 26.4. The van der Waals surface area contributed by atoms with E-state index < -0.39 is 135 Å². The molecule has 1 aromatic carbocycles. The van der Waals surface area contributed by atoms with Crippen molar-refractivity contribution in [2.45, 2.75) is 206 Å². The average molecular weight is 1220 g/mol. The minimum absolute atomic E-state index is 0.0295. The molecule has 5 heterocycles. The molecule has 3 aliphatic rings. The molecule has 0 spiro atoms. The summed E-state index contributed by atoms with van der Waals surface area (Å²) in [7, 11) is 4.31. The SMILES string of the molecule is CC[C@H]1OC(=O)[C@H](C)[C@@H](O[C@H]2C[C@@](C)(OC)[C@@H](OS(=O)(=O)CCNCCCc3ccc4c(c3)c(=O)c(C(=O)O)cn4N(C)C)[C@H](C)O2)[C@H](C)[C@@H](O[C@@H]2O[C@H](C)C[C@H](N(C)C)[C@H]2O)[C@](C)(O)C[C@@H](C)/C(=N\OCc2cc(C)on2)[C@H](C)[C@@H](O)[C@]1(C)O. The van der Waals surface area contributed by atoms with Crippen molar-refractivity contribution in [2.75, 3.05) is 59.2 Å². The summed E-state index contributed by atoms with van der Waals surface area (Å²) in [6.07, 6.45) is -9.01. The number of oxime groups is 1. The number of likely N-dealkylation sites (N-methyl/N-ethyl adjacent to an activating group) is 1. The number of nitrogens with zero attached hydrogens (tertiary/aromatic N) is 5. The molecule has 25 nitrogen and oxygen atoms in total. The lowest BCUT2D eigenvalue weighted by Crippen LogP contribution is -2.61. The highest BCUT2D eigenvalue weighted by atomic mass is 32.2. The number of carboxylic acids is 1. The third-order valence-electron chi connectivity index (χ3n) is 17.2. The minimum atomic E-state index is -4.24. The molecule has 0 aliphatic carbocycles. The van der Waals surface area contributed by atoms with Gasteiger partial charge in [-0.05, 0) is 119 Å². The van der Waals surface area contributed by atoms with E-state index in [0.717, 1.165) is 5.56 Å². The Morgan fingerprint density at radius 1 is 0.953 bits per heavy atom. The Balaban J connectivity index is 1.24. The van der Waals surface area contributed by atoms with E-state index in [9.17, 15) is 48.3 Å². The third kappa shape index (κ3) is 16.5. The topological polar surface area (TPSA) is 322 Å². The number of nitrogens with one attached hydrogen (secondary N) is 1. The number of fused-ring (bicyclic) bond motifs is 1. The Kier molecular flexibility index (Phi) is 23.4. The number of aromatic carboxylic acids is 1. The van der Waals surface area contributed by atoms with E-state index in [0.29, 0.717) is 42.8 Å². The Morgan fingerprint density at radius 2 is 1.65 bits per heavy atom. The van der Waals surface area contributed by atoms with Gasteiger partial charge in [0.25, 0.3) is 10.1 Å². The lowest BCUT2D eigenvalue weighted by molar-refractivity contribution is -0.316. The summed E-state index contributed by atoms with van der Waals surface area (Å²) >= 11 is 0. The van der Waals surface area contributed by atoms with Crippen LogP contribution in [0.4, 0.5) is 0 Å². The highest BCUT2D eigenvalue weighted by Gasteiger charge is 2.54. The molecular formula is C59H94N6O19S. The van der Waals surface area contributed by atoms with E-state index in [2.05, 4.69) is 15.6 Å². The number of methoxy groups -OCH3 is 1. The van der Waals surface area contributed by atoms with Crippen LogP contribution in [-0.2, 0) is 65.4 Å². The van der Waals surface area contributed by atoms with Crippen LogP contribution in [-0.4, -0.2) is 205 Å². The van der Waals surface area contributed by atoms with Crippen molar-refractivity contribution in [1.29, 1.82) is 0 Å². The van der Waals surface area contributed by atoms with Crippen molar-refractivity contribution in [3.05, 3.63) is 63.3 Å². The number of aromatic nitrogens is 2. The van der Waals surface area contributed by atoms with E-state index in [1.165, 1.54) is 20.2 Å². The van der Waals surface area contributed by atoms with Gasteiger partial charge >= 0.3 is 11.9 Å². The van der Waals surface area contributed by atoms with Gasteiger partial charge < -0.3 is 78.5 Å². The van der Waals surface area contributed by atoms with Crippen LogP contribution in [0.2, 0.25) is 0 Å². The van der Waals surface area contributed by atoms with E-state index >= 15 is 0 Å². The van der Waals surface area contributed by atoms with Crippen LogP contribution in [0.5, 0.6) is 0 Å². The monoisotopic (exact) mass is 1220 g/mol. The molecule has 3 saturated heterocycles. The maximum atomic E-state index is 14.8. The van der Waals surface area contributed by atoms with Gasteiger partial charge in [0.15, 0.2) is 19.2 Å². The van der Waals surface area contributed by atoms with Crippen molar-refractivity contribution in [3.63, 3.8) is 0 Å². The fraction of sp³-hybridized carbons (Fsp3) is 0.746. The normalized spacial score (nSPS) is 35.2. The number of benzene rings is 1. The molecule has 2 aromatic heterocycles. The molecule has 0 amide bonds. The number of pyridine rings is 1. The number of carbonyl (C=O) groups excluding carboxylic acids is 1. The van der Waals surface area contributed by atoms with Crippen LogP contribution in [0, 0.1) is 30.6 Å².